The highest BCUT2D eigenvalue weighted by Crippen LogP contribution is 2.39. The number of pyridine rings is 2. The number of hydrogen-bond donors (Lipinski definition) is 1. The topological polar surface area (TPSA) is 91.2 Å². The van der Waals surface area contributed by atoms with E-state index in [-0.39, 0.29) is 23.8 Å². The van der Waals surface area contributed by atoms with Crippen LogP contribution in [0, 0.1) is 17.9 Å². The molecule has 0 fully saturated rings. The molecular formula is C19H14N4O2. The van der Waals surface area contributed by atoms with Gasteiger partial charge in [0.05, 0.1) is 24.9 Å². The lowest BCUT2D eigenvalue weighted by molar-refractivity contribution is 0.105. The van der Waals surface area contributed by atoms with Crippen molar-refractivity contribution in [3.05, 3.63) is 64.4 Å². The van der Waals surface area contributed by atoms with Gasteiger partial charge in [-0.1, -0.05) is 13.0 Å². The summed E-state index contributed by atoms with van der Waals surface area (Å²) in [6.07, 6.45) is 2.30. The van der Waals surface area contributed by atoms with Crippen LogP contribution in [0.3, 0.4) is 0 Å². The van der Waals surface area contributed by atoms with Crippen LogP contribution in [0.2, 0.25) is 0 Å². The fraction of sp³-hybridized carbons (Fsp3) is 0.211. The number of aromatic nitrogens is 2. The molecule has 6 nitrogen and oxygen atoms in total. The Balaban J connectivity index is 2.31. The molecular weight excluding hydrogens is 316 g/mol. The Morgan fingerprint density at radius 1 is 1.36 bits per heavy atom. The fourth-order valence-corrected chi connectivity index (χ4v) is 2.92. The molecule has 0 radical (unpaired) electrons. The summed E-state index contributed by atoms with van der Waals surface area (Å²) in [4.78, 5) is 25.0. The summed E-state index contributed by atoms with van der Waals surface area (Å²) in [5.41, 5.74) is 2.15. The Kier molecular flexibility index (Phi) is 4.38. The number of nitriles is 1. The number of rotatable bonds is 3. The van der Waals surface area contributed by atoms with Gasteiger partial charge in [0.2, 0.25) is 0 Å². The lowest BCUT2D eigenvalue weighted by Gasteiger charge is -2.21. The van der Waals surface area contributed by atoms with E-state index in [1.807, 2.05) is 6.92 Å². The zero-order chi connectivity index (χ0) is 18.0. The van der Waals surface area contributed by atoms with E-state index in [1.165, 1.54) is 0 Å². The van der Waals surface area contributed by atoms with E-state index in [0.717, 1.165) is 0 Å². The summed E-state index contributed by atoms with van der Waals surface area (Å²) in [7, 11) is 0. The molecule has 2 heterocycles. The number of nitrogens with zero attached hydrogens (tertiary/aromatic N) is 4. The van der Waals surface area contributed by atoms with E-state index in [1.54, 1.807) is 36.5 Å². The molecule has 0 aliphatic heterocycles. The lowest BCUT2D eigenvalue weighted by Crippen LogP contribution is -2.17. The van der Waals surface area contributed by atoms with Crippen LogP contribution in [0.1, 0.15) is 40.9 Å². The van der Waals surface area contributed by atoms with Crippen molar-refractivity contribution >= 4 is 11.4 Å². The third kappa shape index (κ3) is 2.59. The minimum Gasteiger partial charge on any atom is -0.396 e. The molecule has 3 rings (SSSR count). The molecule has 122 valence electrons. The summed E-state index contributed by atoms with van der Waals surface area (Å²) >= 11 is 0. The first-order chi connectivity index (χ1) is 12.2. The quantitative estimate of drug-likeness (QED) is 0.531. The monoisotopic (exact) mass is 330 g/mol. The average molecular weight is 330 g/mol. The molecule has 0 bridgehead atoms. The normalized spacial score (nSPS) is 15.4. The molecule has 0 spiro atoms. The molecule has 25 heavy (non-hydrogen) atoms. The number of carbonyl (C=O) groups is 1. The van der Waals surface area contributed by atoms with Crippen molar-refractivity contribution in [3.8, 4) is 17.5 Å². The predicted octanol–water partition coefficient (Wildman–Crippen LogP) is 2.98. The Morgan fingerprint density at radius 2 is 2.16 bits per heavy atom. The van der Waals surface area contributed by atoms with Gasteiger partial charge in [-0.3, -0.25) is 14.8 Å². The van der Waals surface area contributed by atoms with Crippen LogP contribution in [0.4, 0.5) is 0 Å². The van der Waals surface area contributed by atoms with Crippen molar-refractivity contribution in [3.63, 3.8) is 0 Å². The Bertz CT molecular complexity index is 960. The zero-order valence-corrected chi connectivity index (χ0v) is 13.5. The second-order valence-corrected chi connectivity index (χ2v) is 5.60. The van der Waals surface area contributed by atoms with Gasteiger partial charge < -0.3 is 5.11 Å². The van der Waals surface area contributed by atoms with E-state index in [9.17, 15) is 15.2 Å². The number of aliphatic hydroxyl groups excluding tert-OH is 1. The molecule has 2 aromatic heterocycles. The van der Waals surface area contributed by atoms with Crippen molar-refractivity contribution < 1.29 is 9.90 Å². The molecule has 1 aliphatic carbocycles. The van der Waals surface area contributed by atoms with E-state index >= 15 is 0 Å². The Labute approximate surface area is 144 Å². The van der Waals surface area contributed by atoms with Crippen LogP contribution >= 0.6 is 0 Å². The lowest BCUT2D eigenvalue weighted by atomic mass is 9.85. The fourth-order valence-electron chi connectivity index (χ4n) is 2.92. The summed E-state index contributed by atoms with van der Waals surface area (Å²) in [6.45, 7) is 9.10. The molecule has 0 amide bonds. The predicted molar refractivity (Wildman–Crippen MR) is 91.1 cm³/mol. The van der Waals surface area contributed by atoms with E-state index in [4.69, 9.17) is 6.57 Å². The number of carbonyl (C=O) groups excluding carboxylic acids is 1. The maximum absolute atomic E-state index is 12.9. The maximum Gasteiger partial charge on any atom is 0.273 e. The van der Waals surface area contributed by atoms with E-state index < -0.39 is 5.78 Å². The molecule has 6 heteroatoms. The van der Waals surface area contributed by atoms with E-state index in [0.29, 0.717) is 34.6 Å². The summed E-state index contributed by atoms with van der Waals surface area (Å²) in [5.74, 6) is -0.526. The van der Waals surface area contributed by atoms with Gasteiger partial charge in [0.25, 0.3) is 5.70 Å². The number of fused-ring (bicyclic) bond motifs is 3. The van der Waals surface area contributed by atoms with Gasteiger partial charge in [-0.2, -0.15) is 0 Å². The Hall–Kier alpha value is -3.35. The van der Waals surface area contributed by atoms with Gasteiger partial charge >= 0.3 is 0 Å². The van der Waals surface area contributed by atoms with Gasteiger partial charge in [-0.05, 0) is 24.6 Å². The minimum absolute atomic E-state index is 0.0350. The van der Waals surface area contributed by atoms with Gasteiger partial charge in [0, 0.05) is 34.5 Å². The standard InChI is InChI=1S/C19H14N4O2/c1-3-11(10-24)14-7-6-13-18(23-14)17-12(5-4-8-22-17)16(19(13)25)15(9-20)21-2/h4-8,11,24H,3,10H2,1H3/b16-15-. The molecule has 0 aromatic carbocycles. The zero-order valence-electron chi connectivity index (χ0n) is 13.5. The van der Waals surface area contributed by atoms with Crippen LogP contribution in [-0.4, -0.2) is 27.5 Å². The van der Waals surface area contributed by atoms with Crippen molar-refractivity contribution in [1.82, 2.24) is 9.97 Å². The molecule has 1 unspecified atom stereocenters. The molecule has 1 aliphatic rings. The number of hydrogen-bond acceptors (Lipinski definition) is 5. The highest BCUT2D eigenvalue weighted by molar-refractivity contribution is 6.35. The van der Waals surface area contributed by atoms with Crippen LogP contribution in [0.15, 0.2) is 36.2 Å². The van der Waals surface area contributed by atoms with Crippen molar-refractivity contribution in [2.45, 2.75) is 19.3 Å². The molecule has 2 aromatic rings. The number of ketones is 1. The maximum atomic E-state index is 12.9. The van der Waals surface area contributed by atoms with Crippen LogP contribution < -0.4 is 0 Å². The van der Waals surface area contributed by atoms with Gasteiger partial charge in [-0.25, -0.2) is 10.1 Å². The minimum atomic E-state index is -0.404. The smallest absolute Gasteiger partial charge is 0.273 e. The second kappa shape index (κ2) is 6.64. The molecule has 1 N–H and O–H groups in total. The highest BCUT2D eigenvalue weighted by Gasteiger charge is 2.32. The summed E-state index contributed by atoms with van der Waals surface area (Å²) < 4.78 is 0. The SMILES string of the molecule is [C-]#[N+]/C(C#N)=C1\C(=O)c2ccc(C(CC)CO)nc2-c2ncccc21. The van der Waals surface area contributed by atoms with E-state index in [2.05, 4.69) is 14.8 Å². The first-order valence-electron chi connectivity index (χ1n) is 7.80. The van der Waals surface area contributed by atoms with Crippen LogP contribution in [0.5, 0.6) is 0 Å². The van der Waals surface area contributed by atoms with Gasteiger partial charge in [-0.15, -0.1) is 0 Å². The molecule has 1 atom stereocenters. The molecule has 0 saturated carbocycles. The van der Waals surface area contributed by atoms with Crippen LogP contribution in [0.25, 0.3) is 21.8 Å². The first-order valence-corrected chi connectivity index (χ1v) is 7.80. The number of allylic oxidation sites excluding steroid dienone is 2. The number of aliphatic hydroxyl groups is 1. The third-order valence-corrected chi connectivity index (χ3v) is 4.28. The molecule has 0 saturated heterocycles. The van der Waals surface area contributed by atoms with Crippen molar-refractivity contribution in [2.24, 2.45) is 0 Å². The second-order valence-electron chi connectivity index (χ2n) is 5.60. The third-order valence-electron chi connectivity index (χ3n) is 4.28. The van der Waals surface area contributed by atoms with Crippen LogP contribution in [-0.2, 0) is 0 Å². The average Bonchev–Trinajstić information content (AvgIpc) is 2.66. The Morgan fingerprint density at radius 3 is 2.80 bits per heavy atom. The first kappa shape index (κ1) is 16.5. The largest absolute Gasteiger partial charge is 0.396 e. The summed E-state index contributed by atoms with van der Waals surface area (Å²) in [5, 5.41) is 18.7. The van der Waals surface area contributed by atoms with Gasteiger partial charge in [0.1, 0.15) is 5.69 Å². The number of Topliss-reactive ketones (excluding diaryl/α,β-unsaturated/α-hetero) is 1. The summed E-state index contributed by atoms with van der Waals surface area (Å²) in [6, 6.07) is 8.45. The van der Waals surface area contributed by atoms with Gasteiger partial charge in [0.15, 0.2) is 5.78 Å². The highest BCUT2D eigenvalue weighted by atomic mass is 16.3. The van der Waals surface area contributed by atoms with Crippen molar-refractivity contribution in [2.75, 3.05) is 6.61 Å². The van der Waals surface area contributed by atoms with Crippen molar-refractivity contribution in [1.29, 1.82) is 5.26 Å².